The van der Waals surface area contributed by atoms with Crippen LogP contribution >= 0.6 is 0 Å². The molecule has 4 fully saturated rings. The number of hydrogen-bond donors (Lipinski definition) is 2. The second kappa shape index (κ2) is 50.5. The van der Waals surface area contributed by atoms with E-state index < -0.39 is 0 Å². The van der Waals surface area contributed by atoms with Crippen LogP contribution in [-0.2, 0) is 9.53 Å². The van der Waals surface area contributed by atoms with Gasteiger partial charge in [-0.15, -0.1) is 6.58 Å². The molecule has 1 saturated heterocycles. The van der Waals surface area contributed by atoms with Gasteiger partial charge in [-0.05, 0) is 200 Å². The van der Waals surface area contributed by atoms with Gasteiger partial charge in [-0.3, -0.25) is 4.79 Å². The molecule has 3 saturated carbocycles. The van der Waals surface area contributed by atoms with Gasteiger partial charge in [-0.25, -0.2) is 0 Å². The van der Waals surface area contributed by atoms with E-state index in [1.807, 2.05) is 20.8 Å². The number of amides is 1. The summed E-state index contributed by atoms with van der Waals surface area (Å²) in [6.45, 7) is 33.7. The zero-order chi connectivity index (χ0) is 62.1. The van der Waals surface area contributed by atoms with Gasteiger partial charge in [0.2, 0.25) is 6.41 Å². The van der Waals surface area contributed by atoms with E-state index in [1.54, 1.807) is 7.11 Å². The average Bonchev–Trinajstić information content (AvgIpc) is 4.07. The number of nitrogens with one attached hydrogen (secondary N) is 2. The Morgan fingerprint density at radius 2 is 1.34 bits per heavy atom. The fraction of sp³-hybridized carbons (Fsp3) is 0.633. The van der Waals surface area contributed by atoms with Crippen LogP contribution in [0.4, 0.5) is 0 Å². The van der Waals surface area contributed by atoms with Crippen molar-refractivity contribution in [2.45, 2.75) is 246 Å². The minimum Gasteiger partial charge on any atom is -0.381 e. The van der Waals surface area contributed by atoms with Crippen LogP contribution in [0.15, 0.2) is 135 Å². The minimum atomic E-state index is 0.514. The lowest BCUT2D eigenvalue weighted by Gasteiger charge is -2.40. The largest absolute Gasteiger partial charge is 0.381 e. The van der Waals surface area contributed by atoms with E-state index in [0.29, 0.717) is 24.0 Å². The van der Waals surface area contributed by atoms with E-state index in [0.717, 1.165) is 62.4 Å². The Balaban J connectivity index is 0.000000474. The number of methoxy groups -OCH3 is 1. The third kappa shape index (κ3) is 33.4. The van der Waals surface area contributed by atoms with Crippen LogP contribution in [-0.4, -0.2) is 82.3 Å². The highest BCUT2D eigenvalue weighted by molar-refractivity contribution is 5.67. The molecule has 85 heavy (non-hydrogen) atoms. The Morgan fingerprint density at radius 1 is 0.729 bits per heavy atom. The molecule has 478 valence electrons. The van der Waals surface area contributed by atoms with Crippen molar-refractivity contribution < 1.29 is 9.53 Å². The van der Waals surface area contributed by atoms with Gasteiger partial charge in [-0.2, -0.15) is 0 Å². The highest BCUT2D eigenvalue weighted by Gasteiger charge is 2.28. The summed E-state index contributed by atoms with van der Waals surface area (Å²) in [4.78, 5) is 15.1. The van der Waals surface area contributed by atoms with Crippen LogP contribution < -0.4 is 10.6 Å². The van der Waals surface area contributed by atoms with Crippen molar-refractivity contribution in [2.24, 2.45) is 23.7 Å². The summed E-state index contributed by atoms with van der Waals surface area (Å²) in [6.07, 6.45) is 46.9. The van der Waals surface area contributed by atoms with Crippen LogP contribution in [0.2, 0.25) is 0 Å². The number of rotatable bonds is 30. The summed E-state index contributed by atoms with van der Waals surface area (Å²) in [5, 5.41) is 6.19. The number of carbonyl (C=O) groups excluding carboxylic acids is 1. The average molecular weight is 1170 g/mol. The van der Waals surface area contributed by atoms with Gasteiger partial charge in [0.05, 0.1) is 6.10 Å². The molecular weight excluding hydrogens is 1040 g/mol. The van der Waals surface area contributed by atoms with Crippen molar-refractivity contribution in [2.75, 3.05) is 53.9 Å². The predicted molar refractivity (Wildman–Crippen MR) is 376 cm³/mol. The third-order valence-corrected chi connectivity index (χ3v) is 18.4. The van der Waals surface area contributed by atoms with Crippen molar-refractivity contribution >= 4 is 18.1 Å². The lowest BCUT2D eigenvalue weighted by atomic mass is 9.77. The molecule has 1 aliphatic heterocycles. The van der Waals surface area contributed by atoms with Crippen molar-refractivity contribution in [3.63, 3.8) is 0 Å². The van der Waals surface area contributed by atoms with Gasteiger partial charge in [0.15, 0.2) is 0 Å². The Kier molecular flexibility index (Phi) is 45.5. The first-order chi connectivity index (χ1) is 41.6. The molecule has 0 aromatic heterocycles. The lowest BCUT2D eigenvalue weighted by molar-refractivity contribution is -0.109. The number of benzene rings is 3. The van der Waals surface area contributed by atoms with Crippen molar-refractivity contribution in [3.05, 3.63) is 157 Å². The summed E-state index contributed by atoms with van der Waals surface area (Å²) < 4.78 is 5.23. The third-order valence-electron chi connectivity index (χ3n) is 18.4. The van der Waals surface area contributed by atoms with Gasteiger partial charge in [0, 0.05) is 38.5 Å². The zero-order valence-corrected chi connectivity index (χ0v) is 56.6. The molecular formula is C79H130N4O2. The summed E-state index contributed by atoms with van der Waals surface area (Å²) >= 11 is 0. The van der Waals surface area contributed by atoms with Crippen molar-refractivity contribution in [3.8, 4) is 0 Å². The monoisotopic (exact) mass is 1170 g/mol. The fourth-order valence-corrected chi connectivity index (χ4v) is 13.2. The molecule has 1 amide bonds. The first-order valence-corrected chi connectivity index (χ1v) is 34.8. The first kappa shape index (κ1) is 76.6. The number of allylic oxidation sites excluding steroid dienone is 6. The number of ether oxygens (including phenoxy) is 1. The Morgan fingerprint density at radius 3 is 1.86 bits per heavy atom. The van der Waals surface area contributed by atoms with E-state index in [1.165, 1.54) is 207 Å². The Labute approximate surface area is 525 Å². The number of likely N-dealkylation sites (tertiary alicyclic amines) is 1. The summed E-state index contributed by atoms with van der Waals surface area (Å²) in [6, 6.07) is 31.5. The van der Waals surface area contributed by atoms with Crippen LogP contribution in [0.5, 0.6) is 0 Å². The first-order valence-electron chi connectivity index (χ1n) is 34.8. The molecule has 3 aromatic rings. The molecule has 6 heteroatoms. The van der Waals surface area contributed by atoms with Gasteiger partial charge < -0.3 is 25.2 Å². The van der Waals surface area contributed by atoms with Crippen molar-refractivity contribution in [1.82, 2.24) is 20.4 Å². The molecule has 0 spiro atoms. The van der Waals surface area contributed by atoms with Crippen LogP contribution in [0.25, 0.3) is 11.6 Å². The Hall–Kier alpha value is -4.49. The van der Waals surface area contributed by atoms with Crippen LogP contribution in [0.3, 0.4) is 0 Å². The van der Waals surface area contributed by atoms with E-state index in [9.17, 15) is 4.79 Å². The second-order valence-corrected chi connectivity index (χ2v) is 24.8. The molecule has 3 aliphatic carbocycles. The number of carbonyl (C=O) groups is 1. The molecule has 4 atom stereocenters. The minimum absolute atomic E-state index is 0.514. The zero-order valence-electron chi connectivity index (χ0n) is 56.6. The number of nitrogens with zero attached hydrogens (tertiary/aromatic N) is 2. The van der Waals surface area contributed by atoms with E-state index in [4.69, 9.17) is 4.74 Å². The molecule has 6 nitrogen and oxygen atoms in total. The molecule has 4 aliphatic rings. The molecule has 2 N–H and O–H groups in total. The lowest BCUT2D eigenvalue weighted by Crippen LogP contribution is -2.40. The van der Waals surface area contributed by atoms with Gasteiger partial charge in [0.1, 0.15) is 0 Å². The number of hydrogen-bond acceptors (Lipinski definition) is 5. The SMILES string of the molecule is C=C(CCC(c1ccccc1)C(CC)CCC(CCNC)N(CC1CCCCC1)C(=C)CC)c1cccc(/C=C\C=C/C)c1.C=CC1CCCCC1.CC.CCCC(CCC)OC.CN1CCC(c2ccccc2)C1.O=CNCC1CCCCC1. The van der Waals surface area contributed by atoms with E-state index in [2.05, 4.69) is 197 Å². The molecule has 7 rings (SSSR count). The molecule has 3 aromatic carbocycles. The maximum absolute atomic E-state index is 9.94. The van der Waals surface area contributed by atoms with Crippen molar-refractivity contribution in [1.29, 1.82) is 0 Å². The summed E-state index contributed by atoms with van der Waals surface area (Å²) in [5.41, 5.74) is 8.05. The summed E-state index contributed by atoms with van der Waals surface area (Å²) in [7, 11) is 6.09. The predicted octanol–water partition coefficient (Wildman–Crippen LogP) is 21.2. The molecule has 0 radical (unpaired) electrons. The van der Waals surface area contributed by atoms with Gasteiger partial charge >= 0.3 is 0 Å². The number of likely N-dealkylation sites (N-methyl/N-ethyl adjacent to an activating group) is 1. The maximum Gasteiger partial charge on any atom is 0.207 e. The quantitative estimate of drug-likeness (QED) is 0.0396. The van der Waals surface area contributed by atoms with E-state index in [-0.39, 0.29) is 0 Å². The highest BCUT2D eigenvalue weighted by Crippen LogP contribution is 2.39. The molecule has 4 unspecified atom stereocenters. The van der Waals surface area contributed by atoms with Crippen LogP contribution in [0.1, 0.15) is 256 Å². The second-order valence-electron chi connectivity index (χ2n) is 24.8. The van der Waals surface area contributed by atoms with Gasteiger partial charge in [0.25, 0.3) is 0 Å². The maximum atomic E-state index is 9.94. The summed E-state index contributed by atoms with van der Waals surface area (Å²) in [5.74, 6) is 4.39. The Bertz CT molecular complexity index is 2130. The normalized spacial score (nSPS) is 17.7. The van der Waals surface area contributed by atoms with Gasteiger partial charge in [-0.1, -0.05) is 241 Å². The molecule has 0 bridgehead atoms. The standard InChI is InChI=1S/C42H62N2.C11H15N.C8H15NO.C8H18O.C8H14.C2H6/c1-7-10-13-19-36-22-18-25-40(32-36)34(4)26-29-42(39-23-16-12-17-24-39)38(9-3)27-28-41(30-31-43-6)44(35(5)8-2)33-37-20-14-11-15-21-37;1-12-8-7-11(9-12)10-5-3-2-4-6-10;10-7-9-6-8-4-2-1-3-5-8;1-4-6-8(9-3)7-5-2;1-2-8-6-4-3-5-7-8;1-2/h7,10,12-13,16-19,22-25,32,37-38,41-43H,4-5,8-9,11,14-15,20-21,26-31,33H2,1-3,6H3;2-6,11H,7-9H2,1H3;7-8H,1-6H2,(H,9,10);8H,4-7H2,1-3H3;2,8H,1,3-7H2;1-2H3/b10-7-,19-13-;;;;;. The molecule has 1 heterocycles. The highest BCUT2D eigenvalue weighted by atomic mass is 16.5. The smallest absolute Gasteiger partial charge is 0.207 e. The topological polar surface area (TPSA) is 56.8 Å². The van der Waals surface area contributed by atoms with E-state index >= 15 is 0 Å². The fourth-order valence-electron chi connectivity index (χ4n) is 13.2. The van der Waals surface area contributed by atoms with Crippen LogP contribution in [0, 0.1) is 23.7 Å².